The van der Waals surface area contributed by atoms with Crippen molar-refractivity contribution in [2.45, 2.75) is 13.0 Å². The van der Waals surface area contributed by atoms with Gasteiger partial charge in [-0.15, -0.1) is 11.3 Å². The van der Waals surface area contributed by atoms with Crippen LogP contribution < -0.4 is 10.1 Å². The van der Waals surface area contributed by atoms with Crippen molar-refractivity contribution in [3.63, 3.8) is 0 Å². The SMILES string of the molecule is COc1ccccc1C(=O)Nc1sc2c(c1C(=O)O)CCN(C)C2. The van der Waals surface area contributed by atoms with Gasteiger partial charge in [-0.1, -0.05) is 12.1 Å². The van der Waals surface area contributed by atoms with Gasteiger partial charge in [-0.3, -0.25) is 4.79 Å². The summed E-state index contributed by atoms with van der Waals surface area (Å²) in [4.78, 5) is 27.4. The van der Waals surface area contributed by atoms with Crippen molar-refractivity contribution < 1.29 is 19.4 Å². The van der Waals surface area contributed by atoms with Gasteiger partial charge in [0.25, 0.3) is 5.91 Å². The Bertz CT molecular complexity index is 800. The molecule has 1 aliphatic heterocycles. The van der Waals surface area contributed by atoms with Crippen LogP contribution in [-0.4, -0.2) is 42.6 Å². The largest absolute Gasteiger partial charge is 0.496 e. The molecule has 0 aliphatic carbocycles. The molecule has 0 bridgehead atoms. The molecule has 6 nitrogen and oxygen atoms in total. The number of methoxy groups -OCH3 is 1. The summed E-state index contributed by atoms with van der Waals surface area (Å²) in [5.41, 5.74) is 1.42. The maximum atomic E-state index is 12.6. The number of carboxylic acid groups (broad SMARTS) is 1. The highest BCUT2D eigenvalue weighted by molar-refractivity contribution is 7.17. The van der Waals surface area contributed by atoms with Gasteiger partial charge in [-0.2, -0.15) is 0 Å². The Morgan fingerprint density at radius 1 is 1.33 bits per heavy atom. The van der Waals surface area contributed by atoms with Crippen molar-refractivity contribution in [3.05, 3.63) is 45.8 Å². The van der Waals surface area contributed by atoms with Crippen molar-refractivity contribution >= 4 is 28.2 Å². The summed E-state index contributed by atoms with van der Waals surface area (Å²) in [7, 11) is 3.49. The van der Waals surface area contributed by atoms with Crippen molar-refractivity contribution in [2.75, 3.05) is 26.0 Å². The first kappa shape index (κ1) is 16.5. The molecule has 1 aromatic heterocycles. The van der Waals surface area contributed by atoms with Crippen molar-refractivity contribution in [3.8, 4) is 5.75 Å². The summed E-state index contributed by atoms with van der Waals surface area (Å²) < 4.78 is 5.20. The third-order valence-electron chi connectivity index (χ3n) is 4.04. The fourth-order valence-corrected chi connectivity index (χ4v) is 4.16. The molecule has 7 heteroatoms. The van der Waals surface area contributed by atoms with E-state index < -0.39 is 5.97 Å². The fraction of sp³-hybridized carbons (Fsp3) is 0.294. The number of hydrogen-bond acceptors (Lipinski definition) is 5. The number of benzene rings is 1. The Labute approximate surface area is 143 Å². The topological polar surface area (TPSA) is 78.9 Å². The number of rotatable bonds is 4. The van der Waals surface area contributed by atoms with Crippen LogP contribution in [0.2, 0.25) is 0 Å². The summed E-state index contributed by atoms with van der Waals surface area (Å²) in [5, 5.41) is 12.7. The first-order valence-electron chi connectivity index (χ1n) is 7.52. The Morgan fingerprint density at radius 3 is 2.79 bits per heavy atom. The molecule has 0 fully saturated rings. The third-order valence-corrected chi connectivity index (χ3v) is 5.17. The molecule has 3 rings (SSSR count). The number of nitrogens with one attached hydrogen (secondary N) is 1. The molecule has 0 spiro atoms. The number of hydrogen-bond donors (Lipinski definition) is 2. The maximum absolute atomic E-state index is 12.6. The highest BCUT2D eigenvalue weighted by Gasteiger charge is 2.28. The third kappa shape index (κ3) is 3.00. The predicted molar refractivity (Wildman–Crippen MR) is 92.3 cm³/mol. The normalized spacial score (nSPS) is 14.1. The van der Waals surface area contributed by atoms with E-state index in [9.17, 15) is 14.7 Å². The van der Waals surface area contributed by atoms with Crippen molar-refractivity contribution in [1.29, 1.82) is 0 Å². The first-order chi connectivity index (χ1) is 11.5. The van der Waals surface area contributed by atoms with E-state index in [1.165, 1.54) is 18.4 Å². The number of ether oxygens (including phenoxy) is 1. The first-order valence-corrected chi connectivity index (χ1v) is 8.33. The monoisotopic (exact) mass is 346 g/mol. The molecule has 0 saturated heterocycles. The molecule has 1 aromatic carbocycles. The van der Waals surface area contributed by atoms with Gasteiger partial charge in [0.15, 0.2) is 0 Å². The average molecular weight is 346 g/mol. The Balaban J connectivity index is 1.95. The molecule has 2 heterocycles. The second-order valence-electron chi connectivity index (χ2n) is 5.66. The summed E-state index contributed by atoms with van der Waals surface area (Å²) in [6.07, 6.45) is 0.675. The zero-order valence-corrected chi connectivity index (χ0v) is 14.3. The van der Waals surface area contributed by atoms with Crippen LogP contribution in [0.1, 0.15) is 31.2 Å². The molecule has 0 unspecified atom stereocenters. The van der Waals surface area contributed by atoms with Crippen molar-refractivity contribution in [2.24, 2.45) is 0 Å². The molecule has 0 atom stereocenters. The molecule has 24 heavy (non-hydrogen) atoms. The summed E-state index contributed by atoms with van der Waals surface area (Å²) >= 11 is 1.34. The van der Waals surface area contributed by atoms with E-state index in [2.05, 4.69) is 10.2 Å². The number of thiophene rings is 1. The van der Waals surface area contributed by atoms with Gasteiger partial charge in [0, 0.05) is 18.0 Å². The number of carbonyl (C=O) groups excluding carboxylic acids is 1. The lowest BCUT2D eigenvalue weighted by atomic mass is 10.0. The molecule has 126 valence electrons. The molecule has 1 amide bonds. The molecule has 0 saturated carbocycles. The number of amides is 1. The predicted octanol–water partition coefficient (Wildman–Crippen LogP) is 2.70. The Morgan fingerprint density at radius 2 is 2.08 bits per heavy atom. The van der Waals surface area contributed by atoms with E-state index in [-0.39, 0.29) is 11.5 Å². The molecular weight excluding hydrogens is 328 g/mol. The smallest absolute Gasteiger partial charge is 0.339 e. The Hall–Kier alpha value is -2.38. The number of nitrogens with zero attached hydrogens (tertiary/aromatic N) is 1. The second-order valence-corrected chi connectivity index (χ2v) is 6.76. The van der Waals surface area contributed by atoms with Gasteiger partial charge in [0.2, 0.25) is 0 Å². The van der Waals surface area contributed by atoms with Gasteiger partial charge >= 0.3 is 5.97 Å². The van der Waals surface area contributed by atoms with E-state index in [4.69, 9.17) is 4.74 Å². The van der Waals surface area contributed by atoms with Crippen molar-refractivity contribution in [1.82, 2.24) is 4.90 Å². The van der Waals surface area contributed by atoms with Gasteiger partial charge in [-0.25, -0.2) is 4.79 Å². The number of carbonyl (C=O) groups is 2. The number of likely N-dealkylation sites (N-methyl/N-ethyl adjacent to an activating group) is 1. The zero-order chi connectivity index (χ0) is 17.3. The molecule has 1 aliphatic rings. The highest BCUT2D eigenvalue weighted by Crippen LogP contribution is 2.37. The number of para-hydroxylation sites is 1. The molecule has 0 radical (unpaired) electrons. The van der Waals surface area contributed by atoms with Gasteiger partial charge in [-0.05, 0) is 31.2 Å². The summed E-state index contributed by atoms with van der Waals surface area (Å²) in [6.45, 7) is 1.51. The summed E-state index contributed by atoms with van der Waals surface area (Å²) in [6, 6.07) is 6.86. The standard InChI is InChI=1S/C17H18N2O4S/c1-19-8-7-11-13(9-19)24-16(14(11)17(21)22)18-15(20)10-5-3-4-6-12(10)23-2/h3-6H,7-9H2,1-2H3,(H,18,20)(H,21,22). The van der Waals surface area contributed by atoms with Gasteiger partial charge in [0.1, 0.15) is 10.8 Å². The van der Waals surface area contributed by atoms with E-state index >= 15 is 0 Å². The van der Waals surface area contributed by atoms with E-state index in [0.29, 0.717) is 29.3 Å². The Kier molecular flexibility index (Phi) is 4.55. The van der Waals surface area contributed by atoms with Crippen LogP contribution in [0.15, 0.2) is 24.3 Å². The van der Waals surface area contributed by atoms with Crippen LogP contribution >= 0.6 is 11.3 Å². The van der Waals surface area contributed by atoms with E-state index in [1.54, 1.807) is 24.3 Å². The van der Waals surface area contributed by atoms with Crippen LogP contribution in [0.5, 0.6) is 5.75 Å². The van der Waals surface area contributed by atoms with Crippen LogP contribution in [0.25, 0.3) is 0 Å². The zero-order valence-electron chi connectivity index (χ0n) is 13.5. The number of aromatic carboxylic acids is 1. The molecule has 2 aromatic rings. The van der Waals surface area contributed by atoms with Crippen LogP contribution in [0.4, 0.5) is 5.00 Å². The molecule has 2 N–H and O–H groups in total. The quantitative estimate of drug-likeness (QED) is 0.890. The van der Waals surface area contributed by atoms with Gasteiger partial charge in [0.05, 0.1) is 18.2 Å². The second kappa shape index (κ2) is 6.62. The highest BCUT2D eigenvalue weighted by atomic mass is 32.1. The lowest BCUT2D eigenvalue weighted by molar-refractivity contribution is 0.0696. The van der Waals surface area contributed by atoms with Gasteiger partial charge < -0.3 is 20.1 Å². The minimum Gasteiger partial charge on any atom is -0.496 e. The fourth-order valence-electron chi connectivity index (χ4n) is 2.85. The van der Waals surface area contributed by atoms with E-state index in [1.807, 2.05) is 7.05 Å². The maximum Gasteiger partial charge on any atom is 0.339 e. The minimum absolute atomic E-state index is 0.214. The molecular formula is C17H18N2O4S. The van der Waals surface area contributed by atoms with Crippen LogP contribution in [-0.2, 0) is 13.0 Å². The van der Waals surface area contributed by atoms with Crippen LogP contribution in [0, 0.1) is 0 Å². The number of carboxylic acids is 1. The number of anilines is 1. The summed E-state index contributed by atoms with van der Waals surface area (Å²) in [5.74, 6) is -0.929. The lowest BCUT2D eigenvalue weighted by Gasteiger charge is -2.22. The van der Waals surface area contributed by atoms with E-state index in [0.717, 1.165) is 17.0 Å². The minimum atomic E-state index is -1.01. The van der Waals surface area contributed by atoms with Crippen LogP contribution in [0.3, 0.4) is 0 Å². The lowest BCUT2D eigenvalue weighted by Crippen LogP contribution is -2.26. The number of fused-ring (bicyclic) bond motifs is 1. The average Bonchev–Trinajstić information content (AvgIpc) is 2.91.